The number of hydrogen-bond donors (Lipinski definition) is 1. The molecule has 0 saturated carbocycles. The molecule has 2 N–H and O–H groups in total. The number of carbonyl (C=O) groups excluding carboxylic acids is 1. The van der Waals surface area contributed by atoms with E-state index in [9.17, 15) is 4.79 Å². The molecule has 0 aromatic heterocycles. The fourth-order valence-corrected chi connectivity index (χ4v) is 3.51. The number of hydrogen-bond acceptors (Lipinski definition) is 3. The molecule has 1 aromatic carbocycles. The van der Waals surface area contributed by atoms with Crippen LogP contribution in [0.1, 0.15) is 31.0 Å². The minimum atomic E-state index is -0.119. The van der Waals surface area contributed by atoms with E-state index in [0.29, 0.717) is 0 Å². The van der Waals surface area contributed by atoms with Crippen LogP contribution >= 0.6 is 24.2 Å². The predicted molar refractivity (Wildman–Crippen MR) is 93.0 cm³/mol. The van der Waals surface area contributed by atoms with E-state index >= 15 is 0 Å². The molecule has 3 atom stereocenters. The summed E-state index contributed by atoms with van der Waals surface area (Å²) in [6, 6.07) is 8.60. The number of rotatable bonds is 3. The SMILES string of the molecule is Cc1ccc(C2CSCCN2C(=O)C(C)C(C)N)cc1.Cl. The van der Waals surface area contributed by atoms with Crippen LogP contribution in [0.4, 0.5) is 0 Å². The zero-order valence-electron chi connectivity index (χ0n) is 12.9. The van der Waals surface area contributed by atoms with E-state index in [1.165, 1.54) is 11.1 Å². The molecular formula is C16H25ClN2OS. The van der Waals surface area contributed by atoms with Crippen molar-refractivity contribution in [3.8, 4) is 0 Å². The van der Waals surface area contributed by atoms with Crippen LogP contribution in [0.2, 0.25) is 0 Å². The predicted octanol–water partition coefficient (Wildman–Crippen LogP) is 3.02. The van der Waals surface area contributed by atoms with E-state index in [1.54, 1.807) is 0 Å². The first-order valence-electron chi connectivity index (χ1n) is 7.21. The van der Waals surface area contributed by atoms with Crippen molar-refractivity contribution >= 4 is 30.1 Å². The van der Waals surface area contributed by atoms with Crippen LogP contribution in [0, 0.1) is 12.8 Å². The normalized spacial score (nSPS) is 21.3. The van der Waals surface area contributed by atoms with E-state index in [1.807, 2.05) is 30.5 Å². The van der Waals surface area contributed by atoms with E-state index in [4.69, 9.17) is 5.73 Å². The highest BCUT2D eigenvalue weighted by atomic mass is 35.5. The second-order valence-electron chi connectivity index (χ2n) is 5.68. The lowest BCUT2D eigenvalue weighted by Crippen LogP contribution is -2.46. The van der Waals surface area contributed by atoms with Crippen LogP contribution in [-0.4, -0.2) is 34.9 Å². The first-order valence-corrected chi connectivity index (χ1v) is 8.36. The van der Waals surface area contributed by atoms with Crippen LogP contribution in [0.5, 0.6) is 0 Å². The van der Waals surface area contributed by atoms with Crippen molar-refractivity contribution in [3.63, 3.8) is 0 Å². The highest BCUT2D eigenvalue weighted by Gasteiger charge is 2.31. The maximum absolute atomic E-state index is 12.6. The molecule has 0 aliphatic carbocycles. The van der Waals surface area contributed by atoms with Gasteiger partial charge in [0.1, 0.15) is 0 Å². The Bertz CT molecular complexity index is 464. The molecule has 0 radical (unpaired) electrons. The maximum atomic E-state index is 12.6. The standard InChI is InChI=1S/C16H24N2OS.ClH/c1-11-4-6-14(7-5-11)15-10-20-9-8-18(15)16(19)12(2)13(3)17;/h4-7,12-13,15H,8-10,17H2,1-3H3;1H. The summed E-state index contributed by atoms with van der Waals surface area (Å²) in [5.74, 6) is 2.05. The fraction of sp³-hybridized carbons (Fsp3) is 0.562. The third-order valence-corrected chi connectivity index (χ3v) is 5.07. The third-order valence-electron chi connectivity index (χ3n) is 4.05. The van der Waals surface area contributed by atoms with Crippen molar-refractivity contribution in [1.29, 1.82) is 0 Å². The van der Waals surface area contributed by atoms with Crippen LogP contribution in [-0.2, 0) is 4.79 Å². The molecule has 1 amide bonds. The molecule has 21 heavy (non-hydrogen) atoms. The lowest BCUT2D eigenvalue weighted by Gasteiger charge is -2.38. The summed E-state index contributed by atoms with van der Waals surface area (Å²) in [6.07, 6.45) is 0. The number of nitrogens with two attached hydrogens (primary N) is 1. The first kappa shape index (κ1) is 18.3. The Labute approximate surface area is 138 Å². The Kier molecular flexibility index (Phi) is 7.04. The average molecular weight is 329 g/mol. The van der Waals surface area contributed by atoms with Gasteiger partial charge in [0, 0.05) is 24.1 Å². The van der Waals surface area contributed by atoms with Crippen molar-refractivity contribution in [2.75, 3.05) is 18.1 Å². The van der Waals surface area contributed by atoms with Gasteiger partial charge in [-0.3, -0.25) is 4.79 Å². The first-order chi connectivity index (χ1) is 9.50. The van der Waals surface area contributed by atoms with E-state index in [0.717, 1.165) is 18.1 Å². The molecule has 1 heterocycles. The Morgan fingerprint density at radius 3 is 2.52 bits per heavy atom. The summed E-state index contributed by atoms with van der Waals surface area (Å²) in [4.78, 5) is 14.6. The van der Waals surface area contributed by atoms with Gasteiger partial charge in [-0.1, -0.05) is 36.8 Å². The Morgan fingerprint density at radius 2 is 1.95 bits per heavy atom. The van der Waals surface area contributed by atoms with Crippen LogP contribution in [0.15, 0.2) is 24.3 Å². The number of carbonyl (C=O) groups is 1. The second-order valence-corrected chi connectivity index (χ2v) is 6.83. The summed E-state index contributed by atoms with van der Waals surface area (Å²) < 4.78 is 0. The minimum Gasteiger partial charge on any atom is -0.334 e. The number of halogens is 1. The van der Waals surface area contributed by atoms with Crippen molar-refractivity contribution in [2.45, 2.75) is 32.9 Å². The molecule has 0 spiro atoms. The molecule has 2 rings (SSSR count). The van der Waals surface area contributed by atoms with Crippen molar-refractivity contribution in [3.05, 3.63) is 35.4 Å². The van der Waals surface area contributed by atoms with Crippen LogP contribution in [0.25, 0.3) is 0 Å². The number of amides is 1. The van der Waals surface area contributed by atoms with E-state index in [2.05, 4.69) is 31.2 Å². The number of nitrogens with zero attached hydrogens (tertiary/aromatic N) is 1. The molecule has 0 bridgehead atoms. The Hall–Kier alpha value is -0.710. The van der Waals surface area contributed by atoms with E-state index in [-0.39, 0.29) is 36.3 Å². The van der Waals surface area contributed by atoms with Crippen LogP contribution in [0.3, 0.4) is 0 Å². The van der Waals surface area contributed by atoms with Gasteiger partial charge in [0.2, 0.25) is 5.91 Å². The summed E-state index contributed by atoms with van der Waals surface area (Å²) in [6.45, 7) is 6.74. The molecule has 1 saturated heterocycles. The van der Waals surface area contributed by atoms with E-state index < -0.39 is 0 Å². The van der Waals surface area contributed by atoms with Gasteiger partial charge >= 0.3 is 0 Å². The lowest BCUT2D eigenvalue weighted by atomic mass is 9.99. The van der Waals surface area contributed by atoms with Crippen molar-refractivity contribution in [1.82, 2.24) is 4.90 Å². The molecule has 3 nitrogen and oxygen atoms in total. The van der Waals surface area contributed by atoms with Gasteiger partial charge in [-0.15, -0.1) is 12.4 Å². The largest absolute Gasteiger partial charge is 0.334 e. The second kappa shape index (κ2) is 8.06. The van der Waals surface area contributed by atoms with Gasteiger partial charge in [0.05, 0.1) is 12.0 Å². The van der Waals surface area contributed by atoms with Gasteiger partial charge in [0.25, 0.3) is 0 Å². The zero-order valence-corrected chi connectivity index (χ0v) is 14.5. The minimum absolute atomic E-state index is 0. The fourth-order valence-electron chi connectivity index (χ4n) is 2.42. The quantitative estimate of drug-likeness (QED) is 0.927. The molecule has 3 unspecified atom stereocenters. The Morgan fingerprint density at radius 1 is 1.33 bits per heavy atom. The van der Waals surface area contributed by atoms with Crippen molar-refractivity contribution in [2.24, 2.45) is 11.7 Å². The van der Waals surface area contributed by atoms with Gasteiger partial charge < -0.3 is 10.6 Å². The molecule has 1 aromatic rings. The van der Waals surface area contributed by atoms with Crippen molar-refractivity contribution < 1.29 is 4.79 Å². The maximum Gasteiger partial charge on any atom is 0.227 e. The smallest absolute Gasteiger partial charge is 0.227 e. The zero-order chi connectivity index (χ0) is 14.7. The lowest BCUT2D eigenvalue weighted by molar-refractivity contribution is -0.137. The third kappa shape index (κ3) is 4.38. The Balaban J connectivity index is 0.00000220. The molecule has 1 aliphatic heterocycles. The molecule has 1 fully saturated rings. The molecule has 1 aliphatic rings. The molecular weight excluding hydrogens is 304 g/mol. The molecule has 118 valence electrons. The molecule has 5 heteroatoms. The summed E-state index contributed by atoms with van der Waals surface area (Å²) in [5, 5.41) is 0. The van der Waals surface area contributed by atoms with Gasteiger partial charge in [-0.2, -0.15) is 11.8 Å². The summed E-state index contributed by atoms with van der Waals surface area (Å²) in [7, 11) is 0. The average Bonchev–Trinajstić information content (AvgIpc) is 2.46. The summed E-state index contributed by atoms with van der Waals surface area (Å²) in [5.41, 5.74) is 8.37. The highest BCUT2D eigenvalue weighted by molar-refractivity contribution is 7.99. The van der Waals surface area contributed by atoms with Gasteiger partial charge in [-0.25, -0.2) is 0 Å². The number of benzene rings is 1. The summed E-state index contributed by atoms with van der Waals surface area (Å²) >= 11 is 1.92. The number of aryl methyl sites for hydroxylation is 1. The number of thioether (sulfide) groups is 1. The van der Waals surface area contributed by atoms with Gasteiger partial charge in [0.15, 0.2) is 0 Å². The van der Waals surface area contributed by atoms with Gasteiger partial charge in [-0.05, 0) is 19.4 Å². The monoisotopic (exact) mass is 328 g/mol. The van der Waals surface area contributed by atoms with Crippen LogP contribution < -0.4 is 5.73 Å². The highest BCUT2D eigenvalue weighted by Crippen LogP contribution is 2.31. The topological polar surface area (TPSA) is 46.3 Å².